The van der Waals surface area contributed by atoms with Crippen molar-refractivity contribution in [3.63, 3.8) is 0 Å². The minimum atomic E-state index is -3.93. The number of rotatable bonds is 5. The van der Waals surface area contributed by atoms with Gasteiger partial charge in [-0.1, -0.05) is 60.7 Å². The maximum Gasteiger partial charge on any atom is 0.244 e. The number of hydrogen-bond acceptors (Lipinski definition) is 7. The average Bonchev–Trinajstić information content (AvgIpc) is 3.28. The first-order chi connectivity index (χ1) is 15.2. The van der Waals surface area contributed by atoms with E-state index in [1.54, 1.807) is 38.1 Å². The number of benzene rings is 2. The summed E-state index contributed by atoms with van der Waals surface area (Å²) < 4.78 is 53.4. The molecule has 9 heteroatoms. The summed E-state index contributed by atoms with van der Waals surface area (Å²) in [4.78, 5) is 0.0312. The SMILES string of the molecule is CC1(C)O[C@H]2O[C@H](COCc3ccccc3)[C@@]3(NS(=O)(=O)C(c4ccccc4)=C3N)[C@H]2O1. The maximum absolute atomic E-state index is 13.3. The van der Waals surface area contributed by atoms with E-state index in [0.29, 0.717) is 12.2 Å². The van der Waals surface area contributed by atoms with Crippen molar-refractivity contribution in [1.29, 1.82) is 0 Å². The van der Waals surface area contributed by atoms with Crippen LogP contribution in [0.2, 0.25) is 0 Å². The highest BCUT2D eigenvalue weighted by molar-refractivity contribution is 7.99. The van der Waals surface area contributed by atoms with Gasteiger partial charge in [-0.25, -0.2) is 8.42 Å². The predicted molar refractivity (Wildman–Crippen MR) is 117 cm³/mol. The fourth-order valence-corrected chi connectivity index (χ4v) is 6.44. The highest BCUT2D eigenvalue weighted by Crippen LogP contribution is 2.50. The van der Waals surface area contributed by atoms with Gasteiger partial charge in [0.05, 0.1) is 18.9 Å². The Morgan fingerprint density at radius 2 is 1.69 bits per heavy atom. The Kier molecular flexibility index (Phi) is 5.16. The molecule has 0 aromatic heterocycles. The molecule has 2 saturated heterocycles. The number of ether oxygens (including phenoxy) is 4. The lowest BCUT2D eigenvalue weighted by atomic mass is 9.85. The zero-order valence-electron chi connectivity index (χ0n) is 17.9. The van der Waals surface area contributed by atoms with Crippen LogP contribution in [-0.4, -0.2) is 44.8 Å². The molecule has 1 spiro atoms. The third kappa shape index (κ3) is 3.45. The summed E-state index contributed by atoms with van der Waals surface area (Å²) in [5, 5.41) is 0. The second-order valence-corrected chi connectivity index (χ2v) is 10.3. The summed E-state index contributed by atoms with van der Waals surface area (Å²) in [5.41, 5.74) is 6.90. The van der Waals surface area contributed by atoms with Gasteiger partial charge in [-0.15, -0.1) is 0 Å². The van der Waals surface area contributed by atoms with E-state index in [1.165, 1.54) is 0 Å². The molecule has 3 N–H and O–H groups in total. The number of fused-ring (bicyclic) bond motifs is 2. The van der Waals surface area contributed by atoms with Gasteiger partial charge in [0.2, 0.25) is 10.0 Å². The summed E-state index contributed by atoms with van der Waals surface area (Å²) in [7, 11) is -3.93. The first-order valence-electron chi connectivity index (χ1n) is 10.5. The van der Waals surface area contributed by atoms with Crippen LogP contribution < -0.4 is 10.5 Å². The summed E-state index contributed by atoms with van der Waals surface area (Å²) in [5.74, 6) is -0.945. The van der Waals surface area contributed by atoms with E-state index in [0.717, 1.165) is 5.56 Å². The first kappa shape index (κ1) is 21.6. The number of sulfonamides is 1. The zero-order chi connectivity index (χ0) is 22.6. The van der Waals surface area contributed by atoms with E-state index < -0.39 is 39.8 Å². The molecule has 0 unspecified atom stereocenters. The van der Waals surface area contributed by atoms with E-state index in [2.05, 4.69) is 4.72 Å². The Morgan fingerprint density at radius 1 is 1.03 bits per heavy atom. The van der Waals surface area contributed by atoms with Crippen molar-refractivity contribution in [3.8, 4) is 0 Å². The standard InChI is InChI=1S/C23H26N2O6S/c1-22(2)30-20-21(31-22)29-17(14-28-13-15-9-5-3-6-10-15)23(20)19(24)18(32(26,27)25-23)16-11-7-4-8-12-16/h3-12,17,20-21,25H,13-14,24H2,1-2H3/t17-,20+,21-,23+/m1/s1. The summed E-state index contributed by atoms with van der Waals surface area (Å²) in [6, 6.07) is 18.5. The normalized spacial score (nSPS) is 32.5. The molecule has 3 aliphatic heterocycles. The van der Waals surface area contributed by atoms with Gasteiger partial charge in [-0.3, -0.25) is 0 Å². The van der Waals surface area contributed by atoms with Crippen molar-refractivity contribution >= 4 is 14.9 Å². The van der Waals surface area contributed by atoms with Crippen LogP contribution in [0.25, 0.3) is 4.91 Å². The second-order valence-electron chi connectivity index (χ2n) is 8.63. The van der Waals surface area contributed by atoms with Crippen LogP contribution in [0.4, 0.5) is 0 Å². The van der Waals surface area contributed by atoms with Crippen molar-refractivity contribution in [2.45, 2.75) is 50.3 Å². The van der Waals surface area contributed by atoms with Crippen molar-refractivity contribution in [2.24, 2.45) is 5.73 Å². The molecule has 2 aromatic rings. The Labute approximate surface area is 187 Å². The third-order valence-electron chi connectivity index (χ3n) is 5.99. The fraction of sp³-hybridized carbons (Fsp3) is 0.391. The molecule has 2 fully saturated rings. The van der Waals surface area contributed by atoms with Gasteiger partial charge in [-0.05, 0) is 25.0 Å². The van der Waals surface area contributed by atoms with Crippen LogP contribution >= 0.6 is 0 Å². The Balaban J connectivity index is 1.52. The van der Waals surface area contributed by atoms with Crippen LogP contribution in [-0.2, 0) is 35.6 Å². The van der Waals surface area contributed by atoms with Crippen molar-refractivity contribution < 1.29 is 27.4 Å². The van der Waals surface area contributed by atoms with E-state index >= 15 is 0 Å². The fourth-order valence-electron chi connectivity index (χ4n) is 4.63. The molecule has 32 heavy (non-hydrogen) atoms. The van der Waals surface area contributed by atoms with Gasteiger partial charge >= 0.3 is 0 Å². The summed E-state index contributed by atoms with van der Waals surface area (Å²) >= 11 is 0. The summed E-state index contributed by atoms with van der Waals surface area (Å²) in [6.07, 6.45) is -2.29. The van der Waals surface area contributed by atoms with E-state index in [9.17, 15) is 8.42 Å². The Hall–Kier alpha value is -2.27. The zero-order valence-corrected chi connectivity index (χ0v) is 18.7. The van der Waals surface area contributed by atoms with E-state index in [-0.39, 0.29) is 17.2 Å². The molecular formula is C23H26N2O6S. The molecule has 4 atom stereocenters. The molecule has 5 rings (SSSR count). The van der Waals surface area contributed by atoms with Gasteiger partial charge in [0, 0.05) is 0 Å². The molecule has 3 aliphatic rings. The van der Waals surface area contributed by atoms with E-state index in [4.69, 9.17) is 24.7 Å². The smallest absolute Gasteiger partial charge is 0.244 e. The molecule has 3 heterocycles. The Morgan fingerprint density at radius 3 is 2.38 bits per heavy atom. The van der Waals surface area contributed by atoms with Crippen LogP contribution in [0.3, 0.4) is 0 Å². The lowest BCUT2D eigenvalue weighted by molar-refractivity contribution is -0.216. The second kappa shape index (κ2) is 7.65. The van der Waals surface area contributed by atoms with Gasteiger partial charge < -0.3 is 24.7 Å². The molecule has 0 saturated carbocycles. The highest BCUT2D eigenvalue weighted by atomic mass is 32.2. The monoisotopic (exact) mass is 458 g/mol. The Bertz CT molecular complexity index is 1140. The maximum atomic E-state index is 13.3. The quantitative estimate of drug-likeness (QED) is 0.706. The third-order valence-corrected chi connectivity index (χ3v) is 7.59. The molecule has 0 amide bonds. The van der Waals surface area contributed by atoms with Gasteiger partial charge in [0.25, 0.3) is 0 Å². The molecule has 170 valence electrons. The highest BCUT2D eigenvalue weighted by Gasteiger charge is 2.69. The van der Waals surface area contributed by atoms with Gasteiger partial charge in [-0.2, -0.15) is 4.72 Å². The lowest BCUT2D eigenvalue weighted by Crippen LogP contribution is -2.61. The molecule has 0 radical (unpaired) electrons. The minimum absolute atomic E-state index is 0.0312. The van der Waals surface area contributed by atoms with Gasteiger partial charge in [0.1, 0.15) is 22.7 Å². The van der Waals surface area contributed by atoms with Crippen molar-refractivity contribution in [3.05, 3.63) is 77.5 Å². The van der Waals surface area contributed by atoms with Crippen LogP contribution in [0.15, 0.2) is 66.4 Å². The summed E-state index contributed by atoms with van der Waals surface area (Å²) in [6.45, 7) is 3.96. The average molecular weight is 459 g/mol. The van der Waals surface area contributed by atoms with Gasteiger partial charge in [0.15, 0.2) is 12.1 Å². The molecular weight excluding hydrogens is 432 g/mol. The van der Waals surface area contributed by atoms with Crippen LogP contribution in [0, 0.1) is 0 Å². The number of hydrogen-bond donors (Lipinski definition) is 2. The largest absolute Gasteiger partial charge is 0.399 e. The predicted octanol–water partition coefficient (Wildman–Crippen LogP) is 2.08. The molecule has 0 bridgehead atoms. The van der Waals surface area contributed by atoms with Crippen LogP contribution in [0.1, 0.15) is 25.0 Å². The molecule has 8 nitrogen and oxygen atoms in total. The number of nitrogens with one attached hydrogen (secondary N) is 1. The van der Waals surface area contributed by atoms with Crippen molar-refractivity contribution in [2.75, 3.05) is 6.61 Å². The molecule has 2 aromatic carbocycles. The molecule has 0 aliphatic carbocycles. The van der Waals surface area contributed by atoms with Crippen molar-refractivity contribution in [1.82, 2.24) is 4.72 Å². The number of nitrogens with two attached hydrogens (primary N) is 1. The first-order valence-corrected chi connectivity index (χ1v) is 11.9. The lowest BCUT2D eigenvalue weighted by Gasteiger charge is -2.35. The topological polar surface area (TPSA) is 109 Å². The van der Waals surface area contributed by atoms with E-state index in [1.807, 2.05) is 36.4 Å². The minimum Gasteiger partial charge on any atom is -0.399 e. The van der Waals surface area contributed by atoms with Crippen LogP contribution in [0.5, 0.6) is 0 Å².